The van der Waals surface area contributed by atoms with E-state index >= 15 is 0 Å². The molecule has 0 aliphatic carbocycles. The molecule has 0 atom stereocenters. The Morgan fingerprint density at radius 2 is 2.06 bits per heavy atom. The molecule has 0 fully saturated rings. The van der Waals surface area contributed by atoms with Crippen LogP contribution in [0.25, 0.3) is 0 Å². The second kappa shape index (κ2) is 5.40. The van der Waals surface area contributed by atoms with Crippen LogP contribution in [0.3, 0.4) is 0 Å². The molecule has 0 amide bonds. The normalized spacial score (nSPS) is 12.9. The topological polar surface area (TPSA) is 64.0 Å². The Bertz CT molecular complexity index is 503. The first-order valence-corrected chi connectivity index (χ1v) is 8.00. The van der Waals surface area contributed by atoms with Crippen molar-refractivity contribution in [2.45, 2.75) is 45.5 Å². The van der Waals surface area contributed by atoms with Crippen LogP contribution in [0.15, 0.2) is 6.07 Å². The Balaban J connectivity index is 2.62. The molecular weight excluding hydrogens is 250 g/mol. The molecule has 5 nitrogen and oxygen atoms in total. The summed E-state index contributed by atoms with van der Waals surface area (Å²) >= 11 is 0. The molecule has 6 heteroatoms. The Hall–Kier alpha value is -0.880. The van der Waals surface area contributed by atoms with E-state index < -0.39 is 14.6 Å². The van der Waals surface area contributed by atoms with Gasteiger partial charge in [0.15, 0.2) is 9.84 Å². The highest BCUT2D eigenvalue weighted by Crippen LogP contribution is 2.13. The highest BCUT2D eigenvalue weighted by atomic mass is 32.2. The predicted octanol–water partition coefficient (Wildman–Crippen LogP) is 1.12. The summed E-state index contributed by atoms with van der Waals surface area (Å²) in [5, 5.41) is 7.55. The van der Waals surface area contributed by atoms with Gasteiger partial charge in [0, 0.05) is 25.9 Å². The summed E-state index contributed by atoms with van der Waals surface area (Å²) in [5.74, 6) is 0. The van der Waals surface area contributed by atoms with Gasteiger partial charge in [-0.15, -0.1) is 0 Å². The molecule has 104 valence electrons. The van der Waals surface area contributed by atoms with Crippen LogP contribution in [0.1, 0.15) is 32.2 Å². The van der Waals surface area contributed by atoms with Crippen LogP contribution in [-0.2, 0) is 22.9 Å². The molecule has 0 radical (unpaired) electrons. The summed E-state index contributed by atoms with van der Waals surface area (Å²) in [6.45, 7) is 9.34. The molecular formula is C12H23N3O2S. The van der Waals surface area contributed by atoms with Crippen molar-refractivity contribution in [3.8, 4) is 0 Å². The minimum atomic E-state index is -3.05. The molecule has 1 aromatic rings. The van der Waals surface area contributed by atoms with Crippen LogP contribution >= 0.6 is 0 Å². The van der Waals surface area contributed by atoms with E-state index in [9.17, 15) is 8.42 Å². The van der Waals surface area contributed by atoms with E-state index in [1.165, 1.54) is 6.26 Å². The first-order chi connectivity index (χ1) is 8.17. The summed E-state index contributed by atoms with van der Waals surface area (Å²) in [6, 6.07) is 2.02. The first kappa shape index (κ1) is 15.2. The fourth-order valence-corrected chi connectivity index (χ4v) is 2.00. The van der Waals surface area contributed by atoms with E-state index in [-0.39, 0.29) is 0 Å². The molecule has 1 rings (SSSR count). The number of aromatic nitrogens is 2. The average Bonchev–Trinajstić information content (AvgIpc) is 2.57. The number of rotatable bonds is 6. The molecule has 0 aliphatic rings. The van der Waals surface area contributed by atoms with Gasteiger partial charge >= 0.3 is 0 Å². The quantitative estimate of drug-likeness (QED) is 0.844. The van der Waals surface area contributed by atoms with Gasteiger partial charge in [0.1, 0.15) is 0 Å². The fraction of sp³-hybridized carbons (Fsp3) is 0.750. The van der Waals surface area contributed by atoms with E-state index in [1.807, 2.05) is 24.6 Å². The van der Waals surface area contributed by atoms with Gasteiger partial charge in [0.25, 0.3) is 0 Å². The van der Waals surface area contributed by atoms with Gasteiger partial charge in [-0.05, 0) is 33.8 Å². The highest BCUT2D eigenvalue weighted by Gasteiger charge is 2.29. The Kier molecular flexibility index (Phi) is 4.55. The van der Waals surface area contributed by atoms with E-state index in [0.29, 0.717) is 13.1 Å². The van der Waals surface area contributed by atoms with Gasteiger partial charge in [-0.3, -0.25) is 4.68 Å². The van der Waals surface area contributed by atoms with Gasteiger partial charge in [-0.1, -0.05) is 0 Å². The summed E-state index contributed by atoms with van der Waals surface area (Å²) in [5.41, 5.74) is 2.07. The summed E-state index contributed by atoms with van der Waals surface area (Å²) in [6.07, 6.45) is 1.27. The van der Waals surface area contributed by atoms with Gasteiger partial charge in [-0.2, -0.15) is 5.10 Å². The Morgan fingerprint density at radius 1 is 1.44 bits per heavy atom. The molecule has 1 N–H and O–H groups in total. The van der Waals surface area contributed by atoms with Crippen LogP contribution in [0.4, 0.5) is 0 Å². The highest BCUT2D eigenvalue weighted by molar-refractivity contribution is 7.92. The number of nitrogens with zero attached hydrogens (tertiary/aromatic N) is 2. The molecule has 0 aliphatic heterocycles. The largest absolute Gasteiger partial charge is 0.310 e. The average molecular weight is 273 g/mol. The molecule has 0 unspecified atom stereocenters. The van der Waals surface area contributed by atoms with Crippen LogP contribution < -0.4 is 5.32 Å². The molecule has 1 aromatic heterocycles. The second-order valence-electron chi connectivity index (χ2n) is 5.23. The molecule has 0 bridgehead atoms. The van der Waals surface area contributed by atoms with Crippen LogP contribution in [0, 0.1) is 6.92 Å². The number of aryl methyl sites for hydroxylation is 2. The van der Waals surface area contributed by atoms with Crippen molar-refractivity contribution in [3.05, 3.63) is 17.5 Å². The van der Waals surface area contributed by atoms with E-state index in [4.69, 9.17) is 0 Å². The second-order valence-corrected chi connectivity index (χ2v) is 7.88. The minimum Gasteiger partial charge on any atom is -0.310 e. The summed E-state index contributed by atoms with van der Waals surface area (Å²) in [4.78, 5) is 0. The number of hydrogen-bond donors (Lipinski definition) is 1. The van der Waals surface area contributed by atoms with Crippen molar-refractivity contribution in [2.24, 2.45) is 0 Å². The van der Waals surface area contributed by atoms with Gasteiger partial charge < -0.3 is 5.32 Å². The molecule has 0 saturated carbocycles. The molecule has 0 spiro atoms. The molecule has 0 aromatic carbocycles. The molecule has 18 heavy (non-hydrogen) atoms. The lowest BCUT2D eigenvalue weighted by Crippen LogP contribution is -2.41. The van der Waals surface area contributed by atoms with Crippen molar-refractivity contribution in [1.29, 1.82) is 0 Å². The lowest BCUT2D eigenvalue weighted by molar-refractivity contribution is 0.509. The maximum absolute atomic E-state index is 11.6. The smallest absolute Gasteiger partial charge is 0.153 e. The maximum Gasteiger partial charge on any atom is 0.153 e. The third-order valence-electron chi connectivity index (χ3n) is 3.15. The number of nitrogens with one attached hydrogen (secondary N) is 1. The minimum absolute atomic E-state index is 0.430. The molecule has 1 heterocycles. The van der Waals surface area contributed by atoms with Gasteiger partial charge in [0.2, 0.25) is 0 Å². The van der Waals surface area contributed by atoms with Crippen molar-refractivity contribution < 1.29 is 8.42 Å². The van der Waals surface area contributed by atoms with Crippen LogP contribution in [0.2, 0.25) is 0 Å². The van der Waals surface area contributed by atoms with Crippen LogP contribution in [-0.4, -0.2) is 35.7 Å². The summed E-state index contributed by atoms with van der Waals surface area (Å²) in [7, 11) is -3.05. The zero-order valence-electron chi connectivity index (χ0n) is 11.8. The lowest BCUT2D eigenvalue weighted by atomic mass is 10.2. The SMILES string of the molecule is CCn1nc(C)cc1CNCC(C)(C)S(C)(=O)=O. The Morgan fingerprint density at radius 3 is 2.56 bits per heavy atom. The van der Waals surface area contributed by atoms with Crippen molar-refractivity contribution in [2.75, 3.05) is 12.8 Å². The summed E-state index contributed by atoms with van der Waals surface area (Å²) < 4.78 is 24.3. The third kappa shape index (κ3) is 3.55. The van der Waals surface area contributed by atoms with E-state index in [0.717, 1.165) is 17.9 Å². The predicted molar refractivity (Wildman–Crippen MR) is 73.3 cm³/mol. The molecule has 0 saturated heterocycles. The number of hydrogen-bond acceptors (Lipinski definition) is 4. The zero-order valence-corrected chi connectivity index (χ0v) is 12.6. The lowest BCUT2D eigenvalue weighted by Gasteiger charge is -2.22. The van der Waals surface area contributed by atoms with Gasteiger partial charge in [-0.25, -0.2) is 8.42 Å². The first-order valence-electron chi connectivity index (χ1n) is 6.11. The number of sulfone groups is 1. The zero-order chi connectivity index (χ0) is 14.0. The third-order valence-corrected chi connectivity index (χ3v) is 5.30. The monoisotopic (exact) mass is 273 g/mol. The fourth-order valence-electron chi connectivity index (χ4n) is 1.64. The van der Waals surface area contributed by atoms with Crippen molar-refractivity contribution in [3.63, 3.8) is 0 Å². The Labute approximate surface area is 109 Å². The van der Waals surface area contributed by atoms with Crippen LogP contribution in [0.5, 0.6) is 0 Å². The van der Waals surface area contributed by atoms with E-state index in [1.54, 1.807) is 13.8 Å². The van der Waals surface area contributed by atoms with Crippen molar-refractivity contribution in [1.82, 2.24) is 15.1 Å². The van der Waals surface area contributed by atoms with Crippen molar-refractivity contribution >= 4 is 9.84 Å². The standard InChI is InChI=1S/C12H23N3O2S/c1-6-15-11(7-10(2)14-15)8-13-9-12(3,4)18(5,16)17/h7,13H,6,8-9H2,1-5H3. The van der Waals surface area contributed by atoms with E-state index in [2.05, 4.69) is 10.4 Å². The maximum atomic E-state index is 11.6. The van der Waals surface area contributed by atoms with Gasteiger partial charge in [0.05, 0.1) is 16.1 Å².